The van der Waals surface area contributed by atoms with Crippen molar-refractivity contribution in [3.8, 4) is 22.9 Å². The van der Waals surface area contributed by atoms with Crippen LogP contribution in [0.15, 0.2) is 77.6 Å². The number of nitrogens with one attached hydrogen (secondary N) is 1. The molecule has 0 aliphatic carbocycles. The van der Waals surface area contributed by atoms with Crippen LogP contribution in [0.2, 0.25) is 0 Å². The minimum absolute atomic E-state index is 0.0434. The maximum absolute atomic E-state index is 14.2. The Kier molecular flexibility index (Phi) is 8.11. The number of amides is 1. The maximum atomic E-state index is 14.2. The predicted molar refractivity (Wildman–Crippen MR) is 169 cm³/mol. The molecular weight excluding hydrogens is 562 g/mol. The Balaban J connectivity index is 1.39. The minimum Gasteiger partial charge on any atom is -0.497 e. The summed E-state index contributed by atoms with van der Waals surface area (Å²) in [7, 11) is 3.20. The second-order valence-electron chi connectivity index (χ2n) is 10.5. The van der Waals surface area contributed by atoms with E-state index in [2.05, 4.69) is 5.32 Å². The Bertz CT molecular complexity index is 1830. The highest BCUT2D eigenvalue weighted by Gasteiger charge is 2.33. The summed E-state index contributed by atoms with van der Waals surface area (Å²) in [4.78, 5) is 39.8. The largest absolute Gasteiger partial charge is 0.497 e. The quantitative estimate of drug-likeness (QED) is 0.251. The zero-order valence-corrected chi connectivity index (χ0v) is 25.2. The van der Waals surface area contributed by atoms with E-state index in [1.54, 1.807) is 24.9 Å². The molecule has 1 saturated heterocycles. The Morgan fingerprint density at radius 2 is 1.81 bits per heavy atom. The molecule has 2 aromatic heterocycles. The molecule has 10 heteroatoms. The number of ether oxygens (including phenoxy) is 2. The summed E-state index contributed by atoms with van der Waals surface area (Å²) in [6.07, 6.45) is 1.59. The van der Waals surface area contributed by atoms with Gasteiger partial charge < -0.3 is 19.7 Å². The number of nitrogens with zero attached hydrogens (tertiary/aromatic N) is 4. The van der Waals surface area contributed by atoms with Crippen LogP contribution in [0, 0.1) is 6.92 Å². The van der Waals surface area contributed by atoms with Crippen LogP contribution in [-0.2, 0) is 17.9 Å². The lowest BCUT2D eigenvalue weighted by Crippen LogP contribution is -2.43. The van der Waals surface area contributed by atoms with E-state index in [4.69, 9.17) is 19.4 Å². The van der Waals surface area contributed by atoms with E-state index in [9.17, 15) is 9.59 Å². The van der Waals surface area contributed by atoms with Crippen molar-refractivity contribution in [2.45, 2.75) is 38.9 Å². The van der Waals surface area contributed by atoms with Crippen molar-refractivity contribution < 1.29 is 14.3 Å². The molecule has 3 aromatic carbocycles. The van der Waals surface area contributed by atoms with Gasteiger partial charge in [0.15, 0.2) is 15.5 Å². The molecule has 1 aliphatic rings. The molecule has 1 N–H and O–H groups in total. The number of benzene rings is 3. The van der Waals surface area contributed by atoms with Crippen LogP contribution in [0.4, 0.5) is 5.13 Å². The first kappa shape index (κ1) is 28.4. The molecule has 43 heavy (non-hydrogen) atoms. The predicted octanol–water partition coefficient (Wildman–Crippen LogP) is 5.18. The van der Waals surface area contributed by atoms with Crippen LogP contribution in [0.3, 0.4) is 0 Å². The molecule has 1 aliphatic heterocycles. The van der Waals surface area contributed by atoms with Gasteiger partial charge in [-0.05, 0) is 43.0 Å². The molecule has 1 atom stereocenters. The van der Waals surface area contributed by atoms with Gasteiger partial charge in [0.1, 0.15) is 23.4 Å². The van der Waals surface area contributed by atoms with Crippen LogP contribution in [0.5, 0.6) is 11.5 Å². The smallest absolute Gasteiger partial charge is 0.281 e. The number of rotatable bonds is 9. The lowest BCUT2D eigenvalue weighted by molar-refractivity contribution is -0.122. The normalized spacial score (nSPS) is 14.7. The standard InChI is InChI=1S/C33H33N5O4S/c1-21-10-7-8-13-25(21)29-36-31-28(32(40)38(29)20-23-15-16-24(41-2)18-27(23)42-3)35-33(43-31)37-17-9-14-26(37)30(39)34-19-22-11-5-4-6-12-22/h4-8,10-13,15-16,18,26H,9,14,17,19-20H2,1-3H3,(H,34,39). The fraction of sp³-hybridized carbons (Fsp3) is 0.273. The monoisotopic (exact) mass is 595 g/mol. The van der Waals surface area contributed by atoms with Crippen molar-refractivity contribution in [2.75, 3.05) is 25.7 Å². The highest BCUT2D eigenvalue weighted by Crippen LogP contribution is 2.34. The highest BCUT2D eigenvalue weighted by molar-refractivity contribution is 7.21. The zero-order chi connectivity index (χ0) is 29.9. The number of aromatic nitrogens is 3. The van der Waals surface area contributed by atoms with Gasteiger partial charge in [0, 0.05) is 30.3 Å². The summed E-state index contributed by atoms with van der Waals surface area (Å²) in [6, 6.07) is 22.9. The Morgan fingerprint density at radius 3 is 2.58 bits per heavy atom. The number of thiazole rings is 1. The fourth-order valence-corrected chi connectivity index (χ4v) is 6.53. The van der Waals surface area contributed by atoms with Crippen molar-refractivity contribution in [1.29, 1.82) is 0 Å². The number of methoxy groups -OCH3 is 2. The summed E-state index contributed by atoms with van der Waals surface area (Å²) in [5.41, 5.74) is 3.77. The first-order chi connectivity index (χ1) is 21.0. The van der Waals surface area contributed by atoms with Gasteiger partial charge in [0.05, 0.1) is 20.8 Å². The van der Waals surface area contributed by atoms with E-state index in [0.29, 0.717) is 45.9 Å². The number of anilines is 1. The first-order valence-corrected chi connectivity index (χ1v) is 15.0. The molecule has 1 amide bonds. The maximum Gasteiger partial charge on any atom is 0.281 e. The van der Waals surface area contributed by atoms with Gasteiger partial charge in [-0.3, -0.25) is 14.2 Å². The molecule has 3 heterocycles. The SMILES string of the molecule is COc1ccc(Cn2c(-c3ccccc3C)nc3sc(N4CCCC4C(=O)NCc4ccccc4)nc3c2=O)c(OC)c1. The molecule has 0 bridgehead atoms. The third-order valence-electron chi connectivity index (χ3n) is 7.83. The van der Waals surface area contributed by atoms with Gasteiger partial charge in [-0.2, -0.15) is 0 Å². The molecule has 1 fully saturated rings. The second kappa shape index (κ2) is 12.3. The van der Waals surface area contributed by atoms with Gasteiger partial charge in [-0.15, -0.1) is 0 Å². The summed E-state index contributed by atoms with van der Waals surface area (Å²) in [6.45, 7) is 3.39. The number of carbonyl (C=O) groups is 1. The average molecular weight is 596 g/mol. The fourth-order valence-electron chi connectivity index (χ4n) is 5.52. The number of carbonyl (C=O) groups excluding carboxylic acids is 1. The topological polar surface area (TPSA) is 98.6 Å². The molecule has 0 saturated carbocycles. The molecule has 1 unspecified atom stereocenters. The first-order valence-electron chi connectivity index (χ1n) is 14.2. The van der Waals surface area contributed by atoms with Crippen LogP contribution >= 0.6 is 11.3 Å². The number of hydrogen-bond donors (Lipinski definition) is 1. The van der Waals surface area contributed by atoms with Gasteiger partial charge in [-0.1, -0.05) is 65.9 Å². The van der Waals surface area contributed by atoms with Crippen LogP contribution < -0.4 is 25.2 Å². The van der Waals surface area contributed by atoms with Crippen LogP contribution in [0.1, 0.15) is 29.5 Å². The molecule has 6 rings (SSSR count). The van der Waals surface area contributed by atoms with E-state index in [-0.39, 0.29) is 24.1 Å². The van der Waals surface area contributed by atoms with Gasteiger partial charge >= 0.3 is 0 Å². The minimum atomic E-state index is -0.356. The summed E-state index contributed by atoms with van der Waals surface area (Å²) < 4.78 is 12.7. The Labute approximate surface area is 253 Å². The lowest BCUT2D eigenvalue weighted by Gasteiger charge is -2.23. The molecule has 0 spiro atoms. The molecule has 5 aromatic rings. The van der Waals surface area contributed by atoms with Gasteiger partial charge in [-0.25, -0.2) is 9.97 Å². The summed E-state index contributed by atoms with van der Waals surface area (Å²) in [5, 5.41) is 3.70. The van der Waals surface area contributed by atoms with E-state index >= 15 is 0 Å². The Hall–Kier alpha value is -4.70. The highest BCUT2D eigenvalue weighted by atomic mass is 32.1. The van der Waals surface area contributed by atoms with Gasteiger partial charge in [0.2, 0.25) is 5.91 Å². The van der Waals surface area contributed by atoms with Crippen LogP contribution in [0.25, 0.3) is 21.7 Å². The van der Waals surface area contributed by atoms with Crippen molar-refractivity contribution in [2.24, 2.45) is 0 Å². The summed E-state index contributed by atoms with van der Waals surface area (Å²) in [5.74, 6) is 1.79. The third-order valence-corrected chi connectivity index (χ3v) is 8.81. The number of aryl methyl sites for hydroxylation is 1. The van der Waals surface area contributed by atoms with Crippen molar-refractivity contribution in [1.82, 2.24) is 19.9 Å². The van der Waals surface area contributed by atoms with Crippen molar-refractivity contribution in [3.05, 3.63) is 99.8 Å². The van der Waals surface area contributed by atoms with Crippen molar-refractivity contribution >= 4 is 32.7 Å². The van der Waals surface area contributed by atoms with E-state index in [0.717, 1.165) is 35.1 Å². The van der Waals surface area contributed by atoms with E-state index < -0.39 is 0 Å². The average Bonchev–Trinajstić information content (AvgIpc) is 3.70. The third kappa shape index (κ3) is 5.70. The number of hydrogen-bond acceptors (Lipinski definition) is 8. The molecular formula is C33H33N5O4S. The second-order valence-corrected chi connectivity index (χ2v) is 11.5. The van der Waals surface area contributed by atoms with Crippen molar-refractivity contribution in [3.63, 3.8) is 0 Å². The summed E-state index contributed by atoms with van der Waals surface area (Å²) >= 11 is 1.36. The number of fused-ring (bicyclic) bond motifs is 1. The zero-order valence-electron chi connectivity index (χ0n) is 24.4. The molecule has 220 valence electrons. The van der Waals surface area contributed by atoms with E-state index in [1.165, 1.54) is 11.3 Å². The van der Waals surface area contributed by atoms with E-state index in [1.807, 2.05) is 78.6 Å². The van der Waals surface area contributed by atoms with Gasteiger partial charge in [0.25, 0.3) is 5.56 Å². The lowest BCUT2D eigenvalue weighted by atomic mass is 10.1. The Morgan fingerprint density at radius 1 is 1.02 bits per heavy atom. The van der Waals surface area contributed by atoms with Crippen LogP contribution in [-0.4, -0.2) is 47.2 Å². The molecule has 9 nitrogen and oxygen atoms in total. The molecule has 0 radical (unpaired) electrons.